The van der Waals surface area contributed by atoms with Crippen LogP contribution in [0.5, 0.6) is 5.75 Å². The molecular weight excluding hydrogens is 258 g/mol. The Hall–Kier alpha value is -1.72. The zero-order valence-corrected chi connectivity index (χ0v) is 10.6. The van der Waals surface area contributed by atoms with Crippen molar-refractivity contribution in [2.24, 2.45) is 5.73 Å². The van der Waals surface area contributed by atoms with Crippen molar-refractivity contribution >= 4 is 28.5 Å². The lowest BCUT2D eigenvalue weighted by atomic mass is 10.0. The number of carboxylic acid groups (broad SMARTS) is 1. The third-order valence-corrected chi connectivity index (χ3v) is 3.10. The zero-order chi connectivity index (χ0) is 13.4. The third kappa shape index (κ3) is 1.91. The Balaban J connectivity index is 2.76. The van der Waals surface area contributed by atoms with E-state index in [4.69, 9.17) is 31.6 Å². The second kappa shape index (κ2) is 4.51. The predicted molar refractivity (Wildman–Crippen MR) is 67.1 cm³/mol. The molecule has 0 radical (unpaired) electrons. The first-order valence-electron chi connectivity index (χ1n) is 5.20. The molecule has 18 heavy (non-hydrogen) atoms. The third-order valence-electron chi connectivity index (χ3n) is 2.68. The van der Waals surface area contributed by atoms with Crippen LogP contribution in [0.25, 0.3) is 11.0 Å². The molecule has 3 N–H and O–H groups in total. The summed E-state index contributed by atoms with van der Waals surface area (Å²) in [5.41, 5.74) is 6.38. The Bertz CT molecular complexity index is 620. The van der Waals surface area contributed by atoms with E-state index in [1.165, 1.54) is 13.2 Å². The molecule has 0 aliphatic rings. The van der Waals surface area contributed by atoms with Crippen molar-refractivity contribution in [3.05, 3.63) is 28.5 Å². The van der Waals surface area contributed by atoms with Crippen molar-refractivity contribution in [2.75, 3.05) is 7.11 Å². The van der Waals surface area contributed by atoms with Crippen LogP contribution >= 0.6 is 11.6 Å². The van der Waals surface area contributed by atoms with Crippen molar-refractivity contribution in [3.63, 3.8) is 0 Å². The molecule has 2 aromatic rings. The maximum Gasteiger partial charge on any atom is 0.325 e. The van der Waals surface area contributed by atoms with E-state index >= 15 is 0 Å². The summed E-state index contributed by atoms with van der Waals surface area (Å²) < 4.78 is 10.6. The highest BCUT2D eigenvalue weighted by atomic mass is 35.5. The number of aliphatic carboxylic acids is 1. The number of carbonyl (C=O) groups is 1. The Kier molecular flexibility index (Phi) is 3.19. The lowest BCUT2D eigenvalue weighted by Crippen LogP contribution is -2.21. The summed E-state index contributed by atoms with van der Waals surface area (Å²) in [5, 5.41) is 9.83. The smallest absolute Gasteiger partial charge is 0.325 e. The SMILES string of the molecule is COc1cc(C(N)C(=O)O)c(Cl)c2cc(C)oc12. The molecule has 1 aromatic carbocycles. The van der Waals surface area contributed by atoms with Gasteiger partial charge in [0.05, 0.1) is 12.1 Å². The van der Waals surface area contributed by atoms with E-state index < -0.39 is 12.0 Å². The van der Waals surface area contributed by atoms with Gasteiger partial charge in [0.25, 0.3) is 0 Å². The molecule has 0 aliphatic carbocycles. The molecule has 0 bridgehead atoms. The average Bonchev–Trinajstić information content (AvgIpc) is 2.71. The van der Waals surface area contributed by atoms with Gasteiger partial charge in [0.15, 0.2) is 11.3 Å². The zero-order valence-electron chi connectivity index (χ0n) is 9.86. The second-order valence-corrected chi connectivity index (χ2v) is 4.28. The molecule has 0 aliphatic heterocycles. The molecule has 1 aromatic heterocycles. The molecule has 6 heteroatoms. The highest BCUT2D eigenvalue weighted by molar-refractivity contribution is 6.36. The van der Waals surface area contributed by atoms with Crippen LogP contribution in [0.15, 0.2) is 16.5 Å². The van der Waals surface area contributed by atoms with Crippen molar-refractivity contribution in [1.82, 2.24) is 0 Å². The van der Waals surface area contributed by atoms with Crippen molar-refractivity contribution < 1.29 is 19.1 Å². The number of hydrogen-bond donors (Lipinski definition) is 2. The topological polar surface area (TPSA) is 85.7 Å². The van der Waals surface area contributed by atoms with Crippen LogP contribution in [0, 0.1) is 6.92 Å². The summed E-state index contributed by atoms with van der Waals surface area (Å²) in [4.78, 5) is 10.9. The van der Waals surface area contributed by atoms with Crippen molar-refractivity contribution in [3.8, 4) is 5.75 Å². The maximum absolute atomic E-state index is 10.9. The largest absolute Gasteiger partial charge is 0.493 e. The van der Waals surface area contributed by atoms with E-state index in [0.717, 1.165) is 0 Å². The summed E-state index contributed by atoms with van der Waals surface area (Å²) in [5.74, 6) is -0.0843. The minimum Gasteiger partial charge on any atom is -0.493 e. The molecule has 0 saturated heterocycles. The van der Waals surface area contributed by atoms with Gasteiger partial charge >= 0.3 is 5.97 Å². The van der Waals surface area contributed by atoms with Crippen LogP contribution in [-0.2, 0) is 4.79 Å². The van der Waals surface area contributed by atoms with Gasteiger partial charge in [-0.05, 0) is 19.1 Å². The van der Waals surface area contributed by atoms with E-state index in [1.54, 1.807) is 13.0 Å². The Morgan fingerprint density at radius 3 is 2.78 bits per heavy atom. The molecule has 0 spiro atoms. The van der Waals surface area contributed by atoms with Crippen LogP contribution in [-0.4, -0.2) is 18.2 Å². The number of rotatable bonds is 3. The van der Waals surface area contributed by atoms with E-state index in [9.17, 15) is 4.79 Å². The Labute approximate surface area is 108 Å². The van der Waals surface area contributed by atoms with Crippen LogP contribution in [0.4, 0.5) is 0 Å². The number of ether oxygens (including phenoxy) is 1. The molecule has 96 valence electrons. The molecule has 0 saturated carbocycles. The van der Waals surface area contributed by atoms with Crippen LogP contribution in [0.1, 0.15) is 17.4 Å². The van der Waals surface area contributed by atoms with Crippen LogP contribution in [0.2, 0.25) is 5.02 Å². The first-order chi connectivity index (χ1) is 8.45. The Morgan fingerprint density at radius 2 is 2.22 bits per heavy atom. The minimum atomic E-state index is -1.20. The number of carboxylic acids is 1. The molecule has 1 unspecified atom stereocenters. The lowest BCUT2D eigenvalue weighted by molar-refractivity contribution is -0.138. The first kappa shape index (κ1) is 12.7. The van der Waals surface area contributed by atoms with Gasteiger partial charge in [0.2, 0.25) is 0 Å². The van der Waals surface area contributed by atoms with E-state index in [-0.39, 0.29) is 5.02 Å². The van der Waals surface area contributed by atoms with Gasteiger partial charge in [0.1, 0.15) is 11.8 Å². The molecule has 5 nitrogen and oxygen atoms in total. The van der Waals surface area contributed by atoms with E-state index in [1.807, 2.05) is 0 Å². The number of fused-ring (bicyclic) bond motifs is 1. The van der Waals surface area contributed by atoms with Crippen LogP contribution < -0.4 is 10.5 Å². The van der Waals surface area contributed by atoms with Gasteiger partial charge in [-0.25, -0.2) is 0 Å². The highest BCUT2D eigenvalue weighted by Crippen LogP contribution is 2.38. The fourth-order valence-corrected chi connectivity index (χ4v) is 2.11. The molecule has 0 fully saturated rings. The number of hydrogen-bond acceptors (Lipinski definition) is 4. The van der Waals surface area contributed by atoms with Gasteiger partial charge in [0, 0.05) is 10.9 Å². The van der Waals surface area contributed by atoms with Gasteiger partial charge < -0.3 is 20.0 Å². The fraction of sp³-hybridized carbons (Fsp3) is 0.250. The molecule has 0 amide bonds. The standard InChI is InChI=1S/C12H12ClNO4/c1-5-3-7-9(13)6(10(14)12(15)16)4-8(17-2)11(7)18-5/h3-4,10H,14H2,1-2H3,(H,15,16). The molecule has 2 rings (SSSR count). The number of benzene rings is 1. The van der Waals surface area contributed by atoms with Gasteiger partial charge in [-0.15, -0.1) is 0 Å². The number of furan rings is 1. The maximum atomic E-state index is 10.9. The summed E-state index contributed by atoms with van der Waals surface area (Å²) in [6.07, 6.45) is 0. The fourth-order valence-electron chi connectivity index (χ4n) is 1.80. The number of nitrogens with two attached hydrogens (primary N) is 1. The van der Waals surface area contributed by atoms with Crippen LogP contribution in [0.3, 0.4) is 0 Å². The summed E-state index contributed by atoms with van der Waals surface area (Å²) in [7, 11) is 1.47. The van der Waals surface area contributed by atoms with Crippen molar-refractivity contribution in [1.29, 1.82) is 0 Å². The molecule has 1 atom stereocenters. The monoisotopic (exact) mass is 269 g/mol. The summed E-state index contributed by atoms with van der Waals surface area (Å²) >= 11 is 6.16. The average molecular weight is 270 g/mol. The summed E-state index contributed by atoms with van der Waals surface area (Å²) in [6, 6.07) is 2.01. The number of halogens is 1. The van der Waals surface area contributed by atoms with Gasteiger partial charge in [-0.3, -0.25) is 4.79 Å². The number of aryl methyl sites for hydroxylation is 1. The molecular formula is C12H12ClNO4. The van der Waals surface area contributed by atoms with E-state index in [0.29, 0.717) is 28.0 Å². The van der Waals surface area contributed by atoms with Crippen molar-refractivity contribution in [2.45, 2.75) is 13.0 Å². The lowest BCUT2D eigenvalue weighted by Gasteiger charge is -2.11. The normalized spacial score (nSPS) is 12.7. The predicted octanol–water partition coefficient (Wildman–Crippen LogP) is 2.49. The quantitative estimate of drug-likeness (QED) is 0.894. The Morgan fingerprint density at radius 1 is 1.56 bits per heavy atom. The number of methoxy groups -OCH3 is 1. The molecule has 1 heterocycles. The van der Waals surface area contributed by atoms with Gasteiger partial charge in [-0.1, -0.05) is 11.6 Å². The van der Waals surface area contributed by atoms with Gasteiger partial charge in [-0.2, -0.15) is 0 Å². The minimum absolute atomic E-state index is 0.276. The first-order valence-corrected chi connectivity index (χ1v) is 5.58. The highest BCUT2D eigenvalue weighted by Gasteiger charge is 2.23. The second-order valence-electron chi connectivity index (χ2n) is 3.90. The van der Waals surface area contributed by atoms with E-state index in [2.05, 4.69) is 0 Å². The summed E-state index contributed by atoms with van der Waals surface area (Å²) in [6.45, 7) is 1.77.